The molecule has 1 saturated heterocycles. The first-order valence-electron chi connectivity index (χ1n) is 7.20. The van der Waals surface area contributed by atoms with Gasteiger partial charge in [-0.3, -0.25) is 4.90 Å². The van der Waals surface area contributed by atoms with E-state index in [9.17, 15) is 13.2 Å². The Hall–Kier alpha value is -1.31. The second-order valence-electron chi connectivity index (χ2n) is 5.83. The van der Waals surface area contributed by atoms with Crippen LogP contribution in [0.15, 0.2) is 4.52 Å². The molecule has 0 saturated carbocycles. The first kappa shape index (κ1) is 16.1. The standard InChI is InChI=1S/C13H21F3N4O/c1-9(2)11-18-12(21-19-11)17-7-10-3-5-20(6-4-10)8-13(14,15)16/h9-10H,3-8H2,1-2H3,(H,17,18,19). The summed E-state index contributed by atoms with van der Waals surface area (Å²) in [7, 11) is 0. The molecule has 0 aromatic carbocycles. The molecule has 2 heterocycles. The Morgan fingerprint density at radius 2 is 2.00 bits per heavy atom. The molecule has 0 aliphatic carbocycles. The number of nitrogens with one attached hydrogen (secondary N) is 1. The molecular weight excluding hydrogens is 285 g/mol. The highest BCUT2D eigenvalue weighted by Crippen LogP contribution is 2.23. The zero-order valence-corrected chi connectivity index (χ0v) is 12.3. The highest BCUT2D eigenvalue weighted by Gasteiger charge is 2.32. The number of piperidine rings is 1. The quantitative estimate of drug-likeness (QED) is 0.906. The first-order valence-corrected chi connectivity index (χ1v) is 7.20. The molecule has 0 amide bonds. The summed E-state index contributed by atoms with van der Waals surface area (Å²) in [6.45, 7) is 4.75. The molecule has 1 fully saturated rings. The third-order valence-electron chi connectivity index (χ3n) is 3.61. The van der Waals surface area contributed by atoms with Crippen LogP contribution < -0.4 is 5.32 Å². The number of rotatable bonds is 5. The topological polar surface area (TPSA) is 54.2 Å². The van der Waals surface area contributed by atoms with Crippen molar-refractivity contribution in [2.45, 2.75) is 38.8 Å². The second kappa shape index (κ2) is 6.64. The molecule has 5 nitrogen and oxygen atoms in total. The van der Waals surface area contributed by atoms with E-state index in [4.69, 9.17) is 4.52 Å². The lowest BCUT2D eigenvalue weighted by molar-refractivity contribution is -0.148. The normalized spacial score (nSPS) is 18.4. The Balaban J connectivity index is 1.71. The van der Waals surface area contributed by atoms with Crippen LogP contribution in [0.2, 0.25) is 0 Å². The lowest BCUT2D eigenvalue weighted by Crippen LogP contribution is -2.41. The Morgan fingerprint density at radius 1 is 1.33 bits per heavy atom. The number of hydrogen-bond donors (Lipinski definition) is 1. The lowest BCUT2D eigenvalue weighted by atomic mass is 9.97. The Bertz CT molecular complexity index is 439. The number of hydrogen-bond acceptors (Lipinski definition) is 5. The largest absolute Gasteiger partial charge is 0.401 e. The van der Waals surface area contributed by atoms with Crippen LogP contribution in [0.1, 0.15) is 38.4 Å². The van der Waals surface area contributed by atoms with Crippen molar-refractivity contribution < 1.29 is 17.7 Å². The zero-order valence-electron chi connectivity index (χ0n) is 12.3. The van der Waals surface area contributed by atoms with Crippen molar-refractivity contribution in [2.75, 3.05) is 31.5 Å². The maximum atomic E-state index is 12.3. The van der Waals surface area contributed by atoms with Crippen LogP contribution in [0.3, 0.4) is 0 Å². The molecule has 1 aromatic rings. The van der Waals surface area contributed by atoms with Gasteiger partial charge >= 0.3 is 12.2 Å². The van der Waals surface area contributed by atoms with Crippen LogP contribution in [-0.2, 0) is 0 Å². The lowest BCUT2D eigenvalue weighted by Gasteiger charge is -2.32. The number of anilines is 1. The van der Waals surface area contributed by atoms with Gasteiger partial charge in [0.05, 0.1) is 6.54 Å². The van der Waals surface area contributed by atoms with Gasteiger partial charge in [0.15, 0.2) is 5.82 Å². The molecule has 120 valence electrons. The van der Waals surface area contributed by atoms with Crippen LogP contribution in [0, 0.1) is 5.92 Å². The summed E-state index contributed by atoms with van der Waals surface area (Å²) in [5.41, 5.74) is 0. The Labute approximate surface area is 121 Å². The van der Waals surface area contributed by atoms with E-state index in [2.05, 4.69) is 15.5 Å². The molecule has 0 bridgehead atoms. The van der Waals surface area contributed by atoms with E-state index < -0.39 is 12.7 Å². The molecule has 1 aliphatic rings. The van der Waals surface area contributed by atoms with Crippen molar-refractivity contribution in [2.24, 2.45) is 5.92 Å². The van der Waals surface area contributed by atoms with E-state index in [1.165, 1.54) is 4.90 Å². The maximum absolute atomic E-state index is 12.3. The van der Waals surface area contributed by atoms with E-state index in [0.717, 1.165) is 12.8 Å². The fourth-order valence-corrected chi connectivity index (χ4v) is 2.38. The van der Waals surface area contributed by atoms with E-state index in [1.54, 1.807) is 0 Å². The predicted octanol–water partition coefficient (Wildman–Crippen LogP) is 2.88. The average molecular weight is 306 g/mol. The number of alkyl halides is 3. The molecule has 2 rings (SSSR count). The first-order chi connectivity index (χ1) is 9.83. The summed E-state index contributed by atoms with van der Waals surface area (Å²) >= 11 is 0. The predicted molar refractivity (Wildman–Crippen MR) is 72.1 cm³/mol. The highest BCUT2D eigenvalue weighted by atomic mass is 19.4. The third kappa shape index (κ3) is 5.18. The van der Waals surface area contributed by atoms with Gasteiger partial charge in [-0.2, -0.15) is 18.2 Å². The third-order valence-corrected chi connectivity index (χ3v) is 3.61. The minimum absolute atomic E-state index is 0.204. The maximum Gasteiger partial charge on any atom is 0.401 e. The fourth-order valence-electron chi connectivity index (χ4n) is 2.38. The molecule has 21 heavy (non-hydrogen) atoms. The summed E-state index contributed by atoms with van der Waals surface area (Å²) in [6, 6.07) is 0.386. The molecule has 1 aliphatic heterocycles. The van der Waals surface area contributed by atoms with Gasteiger partial charge in [-0.1, -0.05) is 19.0 Å². The molecule has 0 unspecified atom stereocenters. The van der Waals surface area contributed by atoms with Crippen molar-refractivity contribution >= 4 is 6.01 Å². The van der Waals surface area contributed by atoms with Crippen molar-refractivity contribution in [3.8, 4) is 0 Å². The van der Waals surface area contributed by atoms with Gasteiger partial charge in [-0.25, -0.2) is 0 Å². The van der Waals surface area contributed by atoms with Gasteiger partial charge in [0.25, 0.3) is 0 Å². The summed E-state index contributed by atoms with van der Waals surface area (Å²) in [6.07, 6.45) is -2.62. The van der Waals surface area contributed by atoms with Crippen LogP contribution >= 0.6 is 0 Å². The highest BCUT2D eigenvalue weighted by molar-refractivity contribution is 5.19. The molecule has 0 spiro atoms. The van der Waals surface area contributed by atoms with Crippen LogP contribution in [-0.4, -0.2) is 47.4 Å². The van der Waals surface area contributed by atoms with Crippen LogP contribution in [0.25, 0.3) is 0 Å². The van der Waals surface area contributed by atoms with E-state index in [-0.39, 0.29) is 5.92 Å². The van der Waals surface area contributed by atoms with Crippen molar-refractivity contribution in [1.82, 2.24) is 15.0 Å². The monoisotopic (exact) mass is 306 g/mol. The smallest absolute Gasteiger partial charge is 0.337 e. The molecule has 8 heteroatoms. The second-order valence-corrected chi connectivity index (χ2v) is 5.83. The Morgan fingerprint density at radius 3 is 2.52 bits per heavy atom. The summed E-state index contributed by atoms with van der Waals surface area (Å²) < 4.78 is 42.0. The van der Waals surface area contributed by atoms with Gasteiger partial charge in [0.1, 0.15) is 0 Å². The summed E-state index contributed by atoms with van der Waals surface area (Å²) in [4.78, 5) is 5.67. The Kier molecular flexibility index (Phi) is 5.08. The van der Waals surface area contributed by atoms with Crippen molar-refractivity contribution in [1.29, 1.82) is 0 Å². The van der Waals surface area contributed by atoms with Gasteiger partial charge in [-0.15, -0.1) is 0 Å². The number of aromatic nitrogens is 2. The SMILES string of the molecule is CC(C)c1noc(NCC2CCN(CC(F)(F)F)CC2)n1. The summed E-state index contributed by atoms with van der Waals surface area (Å²) in [5, 5.41) is 6.92. The minimum atomic E-state index is -4.11. The number of halogens is 3. The van der Waals surface area contributed by atoms with E-state index in [1.807, 2.05) is 13.8 Å². The number of nitrogens with zero attached hydrogens (tertiary/aromatic N) is 3. The van der Waals surface area contributed by atoms with E-state index in [0.29, 0.717) is 37.4 Å². The van der Waals surface area contributed by atoms with Gasteiger partial charge in [0, 0.05) is 12.5 Å². The molecule has 0 radical (unpaired) electrons. The van der Waals surface area contributed by atoms with Crippen molar-refractivity contribution in [3.63, 3.8) is 0 Å². The molecular formula is C13H21F3N4O. The fraction of sp³-hybridized carbons (Fsp3) is 0.846. The van der Waals surface area contributed by atoms with Gasteiger partial charge in [0.2, 0.25) is 0 Å². The minimum Gasteiger partial charge on any atom is -0.337 e. The van der Waals surface area contributed by atoms with Gasteiger partial charge < -0.3 is 9.84 Å². The zero-order chi connectivity index (χ0) is 15.5. The summed E-state index contributed by atoms with van der Waals surface area (Å²) in [5.74, 6) is 1.19. The average Bonchev–Trinajstić information content (AvgIpc) is 2.85. The van der Waals surface area contributed by atoms with E-state index >= 15 is 0 Å². The van der Waals surface area contributed by atoms with Crippen LogP contribution in [0.5, 0.6) is 0 Å². The molecule has 0 atom stereocenters. The number of likely N-dealkylation sites (tertiary alicyclic amines) is 1. The van der Waals surface area contributed by atoms with Crippen LogP contribution in [0.4, 0.5) is 19.2 Å². The molecule has 1 aromatic heterocycles. The van der Waals surface area contributed by atoms with Gasteiger partial charge in [-0.05, 0) is 31.8 Å². The van der Waals surface area contributed by atoms with Crippen molar-refractivity contribution in [3.05, 3.63) is 5.82 Å². The molecule has 1 N–H and O–H groups in total.